The Labute approximate surface area is 190 Å². The number of carbonyl (C=O) groups excluding carboxylic acids is 1. The standard InChI is InChI=1S/C27H30BBrO/c1-25(2)21-14-20(24(29)15-22(21)26(3,4)27(25,5)6)17-11-16(12-18(30)13-17)19-9-7-8-10-23(19)28/h7-10,12,14-15,17H,11,13H2,1-6H3. The fourth-order valence-corrected chi connectivity index (χ4v) is 6.15. The molecule has 2 aliphatic rings. The maximum absolute atomic E-state index is 12.7. The highest BCUT2D eigenvalue weighted by Gasteiger charge is 2.57. The van der Waals surface area contributed by atoms with E-state index in [0.717, 1.165) is 27.5 Å². The van der Waals surface area contributed by atoms with Crippen LogP contribution in [0.3, 0.4) is 0 Å². The fraction of sp³-hybridized carbons (Fsp3) is 0.444. The summed E-state index contributed by atoms with van der Waals surface area (Å²) in [6.45, 7) is 14.2. The largest absolute Gasteiger partial charge is 0.295 e. The van der Waals surface area contributed by atoms with Crippen LogP contribution in [0, 0.1) is 5.41 Å². The molecule has 0 bridgehead atoms. The van der Waals surface area contributed by atoms with Crippen LogP contribution in [-0.2, 0) is 15.6 Å². The molecular weight excluding hydrogens is 431 g/mol. The van der Waals surface area contributed by atoms with Gasteiger partial charge in [-0.15, -0.1) is 0 Å². The van der Waals surface area contributed by atoms with E-state index in [1.54, 1.807) is 6.08 Å². The summed E-state index contributed by atoms with van der Waals surface area (Å²) < 4.78 is 1.11. The Hall–Kier alpha value is -1.61. The van der Waals surface area contributed by atoms with Crippen LogP contribution in [0.2, 0.25) is 0 Å². The highest BCUT2D eigenvalue weighted by molar-refractivity contribution is 9.10. The van der Waals surface area contributed by atoms with Gasteiger partial charge in [-0.2, -0.15) is 0 Å². The number of halogens is 1. The molecule has 1 unspecified atom stereocenters. The van der Waals surface area contributed by atoms with Gasteiger partial charge in [-0.05, 0) is 68.6 Å². The zero-order chi connectivity index (χ0) is 22.1. The molecule has 0 N–H and O–H groups in total. The highest BCUT2D eigenvalue weighted by atomic mass is 79.9. The van der Waals surface area contributed by atoms with Gasteiger partial charge in [0, 0.05) is 10.9 Å². The van der Waals surface area contributed by atoms with Gasteiger partial charge >= 0.3 is 0 Å². The van der Waals surface area contributed by atoms with Crippen LogP contribution in [0.25, 0.3) is 5.57 Å². The molecule has 0 spiro atoms. The number of rotatable bonds is 2. The Balaban J connectivity index is 1.79. The summed E-state index contributed by atoms with van der Waals surface area (Å²) in [6.07, 6.45) is 3.16. The molecule has 2 aliphatic carbocycles. The zero-order valence-corrected chi connectivity index (χ0v) is 20.5. The van der Waals surface area contributed by atoms with Gasteiger partial charge in [0.15, 0.2) is 5.78 Å². The minimum Gasteiger partial charge on any atom is -0.295 e. The maximum Gasteiger partial charge on any atom is 0.156 e. The third kappa shape index (κ3) is 2.99. The normalized spacial score (nSPS) is 23.8. The minimum absolute atomic E-state index is 0.0441. The SMILES string of the molecule is [B]c1ccccc1C1=CC(=O)CC(c2cc3c(cc2Br)C(C)(C)C(C)(C)C3(C)C)C1. The number of ketones is 1. The smallest absolute Gasteiger partial charge is 0.156 e. The Kier molecular flexibility index (Phi) is 5.01. The lowest BCUT2D eigenvalue weighted by atomic mass is 9.59. The molecule has 0 amide bonds. The second-order valence-electron chi connectivity index (χ2n) is 10.6. The van der Waals surface area contributed by atoms with Crippen molar-refractivity contribution in [3.8, 4) is 0 Å². The van der Waals surface area contributed by atoms with E-state index in [1.165, 1.54) is 16.7 Å². The monoisotopic (exact) mass is 460 g/mol. The van der Waals surface area contributed by atoms with Gasteiger partial charge in [-0.1, -0.05) is 93.3 Å². The molecule has 1 atom stereocenters. The first kappa shape index (κ1) is 21.6. The van der Waals surface area contributed by atoms with Crippen molar-refractivity contribution in [2.45, 2.75) is 71.1 Å². The van der Waals surface area contributed by atoms with E-state index in [-0.39, 0.29) is 27.9 Å². The second-order valence-corrected chi connectivity index (χ2v) is 11.5. The molecule has 2 aromatic carbocycles. The number of carbonyl (C=O) groups is 1. The van der Waals surface area contributed by atoms with Crippen LogP contribution in [0.4, 0.5) is 0 Å². The third-order valence-electron chi connectivity index (χ3n) is 8.60. The van der Waals surface area contributed by atoms with Crippen LogP contribution in [0.1, 0.15) is 82.6 Å². The van der Waals surface area contributed by atoms with Crippen molar-refractivity contribution in [1.29, 1.82) is 0 Å². The van der Waals surface area contributed by atoms with Crippen LogP contribution in [0.5, 0.6) is 0 Å². The van der Waals surface area contributed by atoms with E-state index in [1.807, 2.05) is 24.3 Å². The quantitative estimate of drug-likeness (QED) is 0.476. The molecule has 0 saturated carbocycles. The van der Waals surface area contributed by atoms with Crippen molar-refractivity contribution in [3.05, 3.63) is 69.2 Å². The van der Waals surface area contributed by atoms with Crippen LogP contribution < -0.4 is 5.46 Å². The number of fused-ring (bicyclic) bond motifs is 1. The minimum atomic E-state index is 0.0441. The molecule has 4 rings (SSSR count). The predicted octanol–water partition coefficient (Wildman–Crippen LogP) is 6.37. The van der Waals surface area contributed by atoms with E-state index in [9.17, 15) is 4.79 Å². The summed E-state index contributed by atoms with van der Waals surface area (Å²) in [5.41, 5.74) is 7.06. The Bertz CT molecular complexity index is 1070. The molecule has 0 aromatic heterocycles. The molecule has 0 saturated heterocycles. The number of allylic oxidation sites excluding steroid dienone is 2. The second kappa shape index (κ2) is 6.95. The molecule has 0 fully saturated rings. The van der Waals surface area contributed by atoms with Crippen molar-refractivity contribution in [1.82, 2.24) is 0 Å². The first-order valence-electron chi connectivity index (χ1n) is 10.8. The van der Waals surface area contributed by atoms with Gasteiger partial charge in [0.25, 0.3) is 0 Å². The van der Waals surface area contributed by atoms with Gasteiger partial charge in [0.1, 0.15) is 7.85 Å². The molecule has 30 heavy (non-hydrogen) atoms. The lowest BCUT2D eigenvalue weighted by molar-refractivity contribution is -0.115. The molecule has 0 aliphatic heterocycles. The summed E-state index contributed by atoms with van der Waals surface area (Å²) >= 11 is 3.87. The molecule has 3 heteroatoms. The van der Waals surface area contributed by atoms with Crippen molar-refractivity contribution < 1.29 is 4.79 Å². The summed E-state index contributed by atoms with van der Waals surface area (Å²) in [6, 6.07) is 12.5. The summed E-state index contributed by atoms with van der Waals surface area (Å²) in [5.74, 6) is 0.330. The molecule has 2 radical (unpaired) electrons. The Morgan fingerprint density at radius 1 is 0.933 bits per heavy atom. The average Bonchev–Trinajstić information content (AvgIpc) is 2.76. The van der Waals surface area contributed by atoms with E-state index in [0.29, 0.717) is 6.42 Å². The summed E-state index contributed by atoms with van der Waals surface area (Å²) in [7, 11) is 6.22. The van der Waals surface area contributed by atoms with Gasteiger partial charge in [0.05, 0.1) is 0 Å². The van der Waals surface area contributed by atoms with Gasteiger partial charge < -0.3 is 0 Å². The van der Waals surface area contributed by atoms with Gasteiger partial charge in [0.2, 0.25) is 0 Å². The molecule has 1 nitrogen and oxygen atoms in total. The van der Waals surface area contributed by atoms with E-state index in [4.69, 9.17) is 7.85 Å². The first-order valence-corrected chi connectivity index (χ1v) is 11.6. The summed E-state index contributed by atoms with van der Waals surface area (Å²) in [5, 5.41) is 0. The number of benzene rings is 2. The number of hydrogen-bond donors (Lipinski definition) is 0. The van der Waals surface area contributed by atoms with Gasteiger partial charge in [-0.25, -0.2) is 0 Å². The van der Waals surface area contributed by atoms with E-state index >= 15 is 0 Å². The zero-order valence-electron chi connectivity index (χ0n) is 18.9. The molecule has 2 aromatic rings. The predicted molar refractivity (Wildman–Crippen MR) is 131 cm³/mol. The van der Waals surface area contributed by atoms with Crippen molar-refractivity contribution in [2.75, 3.05) is 0 Å². The van der Waals surface area contributed by atoms with Crippen LogP contribution >= 0.6 is 15.9 Å². The lowest BCUT2D eigenvalue weighted by Crippen LogP contribution is -2.42. The van der Waals surface area contributed by atoms with Crippen LogP contribution in [-0.4, -0.2) is 13.6 Å². The molecule has 154 valence electrons. The van der Waals surface area contributed by atoms with Crippen LogP contribution in [0.15, 0.2) is 46.9 Å². The highest BCUT2D eigenvalue weighted by Crippen LogP contribution is 2.62. The lowest BCUT2D eigenvalue weighted by Gasteiger charge is -2.44. The Morgan fingerprint density at radius 2 is 1.53 bits per heavy atom. The molecule has 0 heterocycles. The first-order chi connectivity index (χ1) is 13.9. The summed E-state index contributed by atoms with van der Waals surface area (Å²) in [4.78, 5) is 12.7. The maximum atomic E-state index is 12.7. The Morgan fingerprint density at radius 3 is 2.17 bits per heavy atom. The van der Waals surface area contributed by atoms with Gasteiger partial charge in [-0.3, -0.25) is 4.79 Å². The average molecular weight is 461 g/mol. The fourth-order valence-electron chi connectivity index (χ4n) is 5.48. The number of hydrogen-bond acceptors (Lipinski definition) is 1. The van der Waals surface area contributed by atoms with Crippen molar-refractivity contribution in [2.24, 2.45) is 5.41 Å². The van der Waals surface area contributed by atoms with E-state index < -0.39 is 0 Å². The van der Waals surface area contributed by atoms with Crippen molar-refractivity contribution >= 4 is 40.6 Å². The van der Waals surface area contributed by atoms with E-state index in [2.05, 4.69) is 69.6 Å². The van der Waals surface area contributed by atoms with Crippen molar-refractivity contribution in [3.63, 3.8) is 0 Å². The third-order valence-corrected chi connectivity index (χ3v) is 9.29. The molecular formula is C27H30BBrO. The topological polar surface area (TPSA) is 17.1 Å².